The number of nitrogens with zero attached hydrogens (tertiary/aromatic N) is 1. The number of hydrogen-bond donors (Lipinski definition) is 2. The first-order chi connectivity index (χ1) is 9.98. The number of nitrogens with one attached hydrogen (secondary N) is 1. The molecule has 0 radical (unpaired) electrons. The Morgan fingerprint density at radius 3 is 2.52 bits per heavy atom. The second kappa shape index (κ2) is 5.95. The Hall–Kier alpha value is -2.37. The van der Waals surface area contributed by atoms with Crippen molar-refractivity contribution in [2.45, 2.75) is 25.3 Å². The second-order valence-electron chi connectivity index (χ2n) is 5.08. The summed E-state index contributed by atoms with van der Waals surface area (Å²) in [6.45, 7) is 1.47. The number of carbonyl (C=O) groups is 3. The molecule has 1 aromatic rings. The third kappa shape index (κ3) is 2.74. The first-order valence-corrected chi connectivity index (χ1v) is 6.82. The summed E-state index contributed by atoms with van der Waals surface area (Å²) in [6, 6.07) is 9.22. The molecule has 1 aliphatic rings. The largest absolute Gasteiger partial charge is 0.480 e. The zero-order valence-electron chi connectivity index (χ0n) is 11.8. The van der Waals surface area contributed by atoms with Gasteiger partial charge in [0.15, 0.2) is 11.3 Å². The molecule has 2 rings (SSSR count). The van der Waals surface area contributed by atoms with Crippen molar-refractivity contribution in [1.82, 2.24) is 5.32 Å². The number of ketones is 1. The van der Waals surface area contributed by atoms with Crippen LogP contribution in [0, 0.1) is 0 Å². The van der Waals surface area contributed by atoms with Gasteiger partial charge in [0, 0.05) is 12.2 Å². The molecule has 0 aliphatic carbocycles. The first kappa shape index (κ1) is 15.0. The molecule has 1 atom stereocenters. The lowest BCUT2D eigenvalue weighted by Gasteiger charge is -2.36. The van der Waals surface area contributed by atoms with E-state index in [0.29, 0.717) is 19.4 Å². The Labute approximate surface area is 122 Å². The standard InChI is InChI=1S/C15H18N2O4/c1-11(18)15(14(21)16-10-13(19)20)8-5-9-17(15)12-6-3-2-4-7-12/h2-4,6-7H,5,8-10H2,1H3,(H,16,21)(H,19,20)/t15-/m1/s1. The van der Waals surface area contributed by atoms with Gasteiger partial charge in [-0.15, -0.1) is 0 Å². The van der Waals surface area contributed by atoms with Gasteiger partial charge in [0.2, 0.25) is 0 Å². The molecule has 0 aromatic heterocycles. The lowest BCUT2D eigenvalue weighted by molar-refractivity contribution is -0.140. The van der Waals surface area contributed by atoms with Crippen LogP contribution in [0.3, 0.4) is 0 Å². The maximum absolute atomic E-state index is 12.5. The lowest BCUT2D eigenvalue weighted by Crippen LogP contribution is -2.60. The molecule has 112 valence electrons. The average Bonchev–Trinajstić information content (AvgIpc) is 2.91. The Balaban J connectivity index is 2.34. The van der Waals surface area contributed by atoms with E-state index in [0.717, 1.165) is 5.69 Å². The summed E-state index contributed by atoms with van der Waals surface area (Å²) in [4.78, 5) is 37.0. The molecule has 6 heteroatoms. The number of amides is 1. The number of hydrogen-bond acceptors (Lipinski definition) is 4. The molecule has 1 saturated heterocycles. The van der Waals surface area contributed by atoms with Gasteiger partial charge in [-0.1, -0.05) is 18.2 Å². The van der Waals surface area contributed by atoms with Crippen LogP contribution in [0.1, 0.15) is 19.8 Å². The van der Waals surface area contributed by atoms with Crippen LogP contribution in [0.5, 0.6) is 0 Å². The van der Waals surface area contributed by atoms with E-state index in [9.17, 15) is 14.4 Å². The third-order valence-electron chi connectivity index (χ3n) is 3.81. The van der Waals surface area contributed by atoms with E-state index < -0.39 is 24.0 Å². The number of para-hydroxylation sites is 1. The molecule has 0 saturated carbocycles. The lowest BCUT2D eigenvalue weighted by atomic mass is 9.89. The van der Waals surface area contributed by atoms with Crippen molar-refractivity contribution in [2.75, 3.05) is 18.0 Å². The highest BCUT2D eigenvalue weighted by Crippen LogP contribution is 2.35. The monoisotopic (exact) mass is 290 g/mol. The molecule has 1 fully saturated rings. The fraction of sp³-hybridized carbons (Fsp3) is 0.400. The fourth-order valence-corrected chi connectivity index (χ4v) is 2.84. The Kier molecular flexibility index (Phi) is 4.26. The molecule has 0 spiro atoms. The van der Waals surface area contributed by atoms with E-state index in [1.165, 1.54) is 6.92 Å². The van der Waals surface area contributed by atoms with Gasteiger partial charge < -0.3 is 15.3 Å². The van der Waals surface area contributed by atoms with Crippen molar-refractivity contribution in [3.8, 4) is 0 Å². The highest BCUT2D eigenvalue weighted by atomic mass is 16.4. The number of aliphatic carboxylic acids is 1. The normalized spacial score (nSPS) is 21.1. The van der Waals surface area contributed by atoms with E-state index in [2.05, 4.69) is 5.32 Å². The van der Waals surface area contributed by atoms with Crippen LogP contribution in [-0.4, -0.2) is 41.4 Å². The van der Waals surface area contributed by atoms with Crippen molar-refractivity contribution in [2.24, 2.45) is 0 Å². The first-order valence-electron chi connectivity index (χ1n) is 6.82. The number of carboxylic acids is 1. The summed E-state index contributed by atoms with van der Waals surface area (Å²) in [5.41, 5.74) is -0.521. The van der Waals surface area contributed by atoms with Crippen LogP contribution < -0.4 is 10.2 Å². The molecular weight excluding hydrogens is 272 g/mol. The van der Waals surface area contributed by atoms with Gasteiger partial charge in [0.25, 0.3) is 5.91 Å². The highest BCUT2D eigenvalue weighted by molar-refractivity contribution is 6.13. The van der Waals surface area contributed by atoms with E-state index >= 15 is 0 Å². The average molecular weight is 290 g/mol. The molecular formula is C15H18N2O4. The molecule has 21 heavy (non-hydrogen) atoms. The van der Waals surface area contributed by atoms with Gasteiger partial charge >= 0.3 is 5.97 Å². The maximum atomic E-state index is 12.5. The van der Waals surface area contributed by atoms with Crippen molar-refractivity contribution in [3.05, 3.63) is 30.3 Å². The minimum atomic E-state index is -1.31. The molecule has 1 heterocycles. The number of Topliss-reactive ketones (excluding diaryl/α,β-unsaturated/α-hetero) is 1. The van der Waals surface area contributed by atoms with Crippen LogP contribution in [0.4, 0.5) is 5.69 Å². The quantitative estimate of drug-likeness (QED) is 0.784. The predicted octanol–water partition coefficient (Wildman–Crippen LogP) is 0.815. The third-order valence-corrected chi connectivity index (χ3v) is 3.81. The summed E-state index contributed by atoms with van der Waals surface area (Å²) in [6.07, 6.45) is 1.09. The van der Waals surface area contributed by atoms with Gasteiger partial charge in [-0.3, -0.25) is 14.4 Å². The number of carbonyl (C=O) groups excluding carboxylic acids is 2. The summed E-state index contributed by atoms with van der Waals surface area (Å²) in [7, 11) is 0. The van der Waals surface area contributed by atoms with Gasteiger partial charge in [-0.05, 0) is 31.9 Å². The van der Waals surface area contributed by atoms with Crippen LogP contribution in [0.15, 0.2) is 30.3 Å². The molecule has 2 N–H and O–H groups in total. The van der Waals surface area contributed by atoms with E-state index in [1.807, 2.05) is 30.3 Å². The zero-order valence-corrected chi connectivity index (χ0v) is 11.8. The summed E-state index contributed by atoms with van der Waals surface area (Å²) >= 11 is 0. The SMILES string of the molecule is CC(=O)[C@@]1(C(=O)NCC(=O)O)CCCN1c1ccccc1. The second-order valence-corrected chi connectivity index (χ2v) is 5.08. The van der Waals surface area contributed by atoms with Crippen molar-refractivity contribution >= 4 is 23.3 Å². The van der Waals surface area contributed by atoms with Crippen LogP contribution in [0.25, 0.3) is 0 Å². The minimum Gasteiger partial charge on any atom is -0.480 e. The van der Waals surface area contributed by atoms with E-state index in [1.54, 1.807) is 4.90 Å². The Bertz CT molecular complexity index is 558. The zero-order chi connectivity index (χ0) is 15.5. The summed E-state index contributed by atoms with van der Waals surface area (Å²) in [5, 5.41) is 11.0. The smallest absolute Gasteiger partial charge is 0.322 e. The maximum Gasteiger partial charge on any atom is 0.322 e. The number of rotatable bonds is 5. The Morgan fingerprint density at radius 2 is 1.95 bits per heavy atom. The highest BCUT2D eigenvalue weighted by Gasteiger charge is 2.51. The Morgan fingerprint density at radius 1 is 1.29 bits per heavy atom. The van der Waals surface area contributed by atoms with Gasteiger partial charge in [0.1, 0.15) is 6.54 Å². The molecule has 1 amide bonds. The topological polar surface area (TPSA) is 86.7 Å². The molecule has 1 aromatic carbocycles. The number of benzene rings is 1. The van der Waals surface area contributed by atoms with E-state index in [4.69, 9.17) is 5.11 Å². The summed E-state index contributed by atoms with van der Waals surface area (Å²) < 4.78 is 0. The van der Waals surface area contributed by atoms with Crippen molar-refractivity contribution < 1.29 is 19.5 Å². The minimum absolute atomic E-state index is 0.272. The van der Waals surface area contributed by atoms with Crippen molar-refractivity contribution in [1.29, 1.82) is 0 Å². The van der Waals surface area contributed by atoms with Crippen LogP contribution >= 0.6 is 0 Å². The van der Waals surface area contributed by atoms with Gasteiger partial charge in [-0.2, -0.15) is 0 Å². The van der Waals surface area contributed by atoms with Crippen LogP contribution in [-0.2, 0) is 14.4 Å². The predicted molar refractivity (Wildman–Crippen MR) is 77.1 cm³/mol. The molecule has 0 bridgehead atoms. The van der Waals surface area contributed by atoms with E-state index in [-0.39, 0.29) is 5.78 Å². The van der Waals surface area contributed by atoms with Gasteiger partial charge in [-0.25, -0.2) is 0 Å². The van der Waals surface area contributed by atoms with Gasteiger partial charge in [0.05, 0.1) is 0 Å². The fourth-order valence-electron chi connectivity index (χ4n) is 2.84. The number of anilines is 1. The molecule has 1 aliphatic heterocycles. The van der Waals surface area contributed by atoms with Crippen LogP contribution in [0.2, 0.25) is 0 Å². The summed E-state index contributed by atoms with van der Waals surface area (Å²) in [5.74, 6) is -1.95. The van der Waals surface area contributed by atoms with Crippen molar-refractivity contribution in [3.63, 3.8) is 0 Å². The molecule has 0 unspecified atom stereocenters. The molecule has 6 nitrogen and oxygen atoms in total. The number of carboxylic acid groups (broad SMARTS) is 1.